The van der Waals surface area contributed by atoms with Crippen molar-refractivity contribution in [3.63, 3.8) is 0 Å². The average molecular weight is 260 g/mol. The molecular formula is C17H24O2. The molecule has 1 N–H and O–H groups in total. The van der Waals surface area contributed by atoms with Gasteiger partial charge in [0.05, 0.1) is 0 Å². The number of rotatable bonds is 8. The highest BCUT2D eigenvalue weighted by atomic mass is 16.4. The van der Waals surface area contributed by atoms with Crippen molar-refractivity contribution in [3.05, 3.63) is 47.0 Å². The predicted octanol–water partition coefficient (Wildman–Crippen LogP) is 4.17. The first-order valence-corrected chi connectivity index (χ1v) is 7.14. The summed E-state index contributed by atoms with van der Waals surface area (Å²) in [7, 11) is 0. The maximum absolute atomic E-state index is 10.4. The second-order valence-corrected chi connectivity index (χ2v) is 4.75. The van der Waals surface area contributed by atoms with Gasteiger partial charge in [-0.2, -0.15) is 0 Å². The molecule has 104 valence electrons. The molecule has 0 aromatic heterocycles. The van der Waals surface area contributed by atoms with Crippen LogP contribution in [0.1, 0.15) is 49.8 Å². The van der Waals surface area contributed by atoms with E-state index in [4.69, 9.17) is 5.11 Å². The molecule has 0 saturated heterocycles. The number of carboxylic acid groups (broad SMARTS) is 1. The Bertz CT molecular complexity index is 433. The van der Waals surface area contributed by atoms with Gasteiger partial charge in [0.15, 0.2) is 0 Å². The van der Waals surface area contributed by atoms with E-state index in [1.54, 1.807) is 0 Å². The van der Waals surface area contributed by atoms with E-state index < -0.39 is 5.97 Å². The minimum Gasteiger partial charge on any atom is -0.481 e. The molecule has 0 bridgehead atoms. The molecule has 2 heteroatoms. The molecule has 0 heterocycles. The fourth-order valence-electron chi connectivity index (χ4n) is 2.15. The first kappa shape index (κ1) is 15.5. The third-order valence-corrected chi connectivity index (χ3v) is 3.33. The van der Waals surface area contributed by atoms with Gasteiger partial charge in [-0.15, -0.1) is 0 Å². The van der Waals surface area contributed by atoms with Crippen molar-refractivity contribution in [2.75, 3.05) is 0 Å². The zero-order valence-electron chi connectivity index (χ0n) is 12.0. The summed E-state index contributed by atoms with van der Waals surface area (Å²) in [6.45, 7) is 4.38. The van der Waals surface area contributed by atoms with Crippen molar-refractivity contribution in [1.29, 1.82) is 0 Å². The Hall–Kier alpha value is -1.57. The summed E-state index contributed by atoms with van der Waals surface area (Å²) in [5, 5.41) is 8.53. The topological polar surface area (TPSA) is 37.3 Å². The van der Waals surface area contributed by atoms with Crippen LogP contribution in [0, 0.1) is 0 Å². The molecular weight excluding hydrogens is 236 g/mol. The zero-order valence-corrected chi connectivity index (χ0v) is 12.0. The maximum atomic E-state index is 10.4. The number of carboxylic acids is 1. The van der Waals surface area contributed by atoms with E-state index in [9.17, 15) is 4.79 Å². The van der Waals surface area contributed by atoms with Crippen LogP contribution in [0.4, 0.5) is 0 Å². The quantitative estimate of drug-likeness (QED) is 0.712. The van der Waals surface area contributed by atoms with E-state index in [2.05, 4.69) is 38.1 Å². The highest BCUT2D eigenvalue weighted by Crippen LogP contribution is 2.15. The second-order valence-electron chi connectivity index (χ2n) is 4.75. The molecule has 0 aliphatic heterocycles. The van der Waals surface area contributed by atoms with Crippen molar-refractivity contribution in [2.45, 2.75) is 52.4 Å². The minimum atomic E-state index is -0.729. The standard InChI is InChI=1S/C17H24O2/c1-3-14-11-12-16(15(4-2)13-14)9-7-5-6-8-10-17(18)19/h5-6,11-13H,3-4,7-10H2,1-2H3,(H,18,19)/b6-5+. The molecule has 0 spiro atoms. The minimum absolute atomic E-state index is 0.224. The van der Waals surface area contributed by atoms with Crippen LogP contribution < -0.4 is 0 Å². The molecule has 0 atom stereocenters. The number of benzene rings is 1. The molecule has 0 aliphatic rings. The SMILES string of the molecule is CCc1ccc(CC/C=C/CCC(=O)O)c(CC)c1. The lowest BCUT2D eigenvalue weighted by Crippen LogP contribution is -1.95. The van der Waals surface area contributed by atoms with Crippen LogP contribution in [0.5, 0.6) is 0 Å². The lowest BCUT2D eigenvalue weighted by molar-refractivity contribution is -0.136. The van der Waals surface area contributed by atoms with Gasteiger partial charge in [0, 0.05) is 6.42 Å². The zero-order chi connectivity index (χ0) is 14.1. The van der Waals surface area contributed by atoms with Gasteiger partial charge in [-0.05, 0) is 48.8 Å². The van der Waals surface area contributed by atoms with Crippen LogP contribution in [-0.2, 0) is 24.1 Å². The molecule has 1 aromatic carbocycles. The van der Waals surface area contributed by atoms with Crippen LogP contribution in [0.25, 0.3) is 0 Å². The normalized spacial score (nSPS) is 11.1. The smallest absolute Gasteiger partial charge is 0.303 e. The van der Waals surface area contributed by atoms with Crippen LogP contribution in [0.2, 0.25) is 0 Å². The van der Waals surface area contributed by atoms with Gasteiger partial charge in [-0.25, -0.2) is 0 Å². The van der Waals surface area contributed by atoms with Gasteiger partial charge in [0.25, 0.3) is 0 Å². The Morgan fingerprint density at radius 2 is 1.84 bits per heavy atom. The molecule has 0 aliphatic carbocycles. The van der Waals surface area contributed by atoms with Gasteiger partial charge < -0.3 is 5.11 Å². The Balaban J connectivity index is 2.46. The van der Waals surface area contributed by atoms with Crippen LogP contribution in [0.15, 0.2) is 30.4 Å². The van der Waals surface area contributed by atoms with E-state index in [1.807, 2.05) is 6.08 Å². The molecule has 0 amide bonds. The molecule has 0 radical (unpaired) electrons. The first-order valence-electron chi connectivity index (χ1n) is 7.14. The number of aryl methyl sites for hydroxylation is 3. The van der Waals surface area contributed by atoms with Gasteiger partial charge in [-0.1, -0.05) is 44.2 Å². The number of hydrogen-bond donors (Lipinski definition) is 1. The molecule has 0 unspecified atom stereocenters. The van der Waals surface area contributed by atoms with Crippen molar-refractivity contribution in [2.24, 2.45) is 0 Å². The van der Waals surface area contributed by atoms with E-state index in [1.165, 1.54) is 16.7 Å². The summed E-state index contributed by atoms with van der Waals surface area (Å²) < 4.78 is 0. The van der Waals surface area contributed by atoms with Crippen molar-refractivity contribution in [1.82, 2.24) is 0 Å². The number of allylic oxidation sites excluding steroid dienone is 2. The lowest BCUT2D eigenvalue weighted by Gasteiger charge is -2.08. The van der Waals surface area contributed by atoms with Crippen molar-refractivity contribution >= 4 is 5.97 Å². The van der Waals surface area contributed by atoms with Gasteiger partial charge in [-0.3, -0.25) is 4.79 Å². The Kier molecular flexibility index (Phi) is 6.94. The summed E-state index contributed by atoms with van der Waals surface area (Å²) in [5.74, 6) is -0.729. The largest absolute Gasteiger partial charge is 0.481 e. The van der Waals surface area contributed by atoms with Gasteiger partial charge >= 0.3 is 5.97 Å². The number of carbonyl (C=O) groups is 1. The van der Waals surface area contributed by atoms with Crippen LogP contribution in [-0.4, -0.2) is 11.1 Å². The fourth-order valence-corrected chi connectivity index (χ4v) is 2.15. The van der Waals surface area contributed by atoms with Crippen molar-refractivity contribution < 1.29 is 9.90 Å². The van der Waals surface area contributed by atoms with Crippen LogP contribution >= 0.6 is 0 Å². The van der Waals surface area contributed by atoms with Crippen LogP contribution in [0.3, 0.4) is 0 Å². The van der Waals surface area contributed by atoms with E-state index >= 15 is 0 Å². The van der Waals surface area contributed by atoms with E-state index in [0.717, 1.165) is 25.7 Å². The summed E-state index contributed by atoms with van der Waals surface area (Å²) in [4.78, 5) is 10.4. The lowest BCUT2D eigenvalue weighted by atomic mass is 9.97. The molecule has 1 rings (SSSR count). The first-order chi connectivity index (χ1) is 9.17. The summed E-state index contributed by atoms with van der Waals surface area (Å²) >= 11 is 0. The summed E-state index contributed by atoms with van der Waals surface area (Å²) in [6, 6.07) is 6.76. The fraction of sp³-hybridized carbons (Fsp3) is 0.471. The van der Waals surface area contributed by atoms with E-state index in [0.29, 0.717) is 6.42 Å². The maximum Gasteiger partial charge on any atom is 0.303 e. The predicted molar refractivity (Wildman–Crippen MR) is 79.5 cm³/mol. The summed E-state index contributed by atoms with van der Waals surface area (Å²) in [5.41, 5.74) is 4.26. The van der Waals surface area contributed by atoms with Gasteiger partial charge in [0.2, 0.25) is 0 Å². The summed E-state index contributed by atoms with van der Waals surface area (Å²) in [6.07, 6.45) is 9.10. The molecule has 0 fully saturated rings. The molecule has 19 heavy (non-hydrogen) atoms. The second kappa shape index (κ2) is 8.52. The van der Waals surface area contributed by atoms with Crippen molar-refractivity contribution in [3.8, 4) is 0 Å². The average Bonchev–Trinajstić information content (AvgIpc) is 2.42. The Morgan fingerprint density at radius 1 is 1.11 bits per heavy atom. The third kappa shape index (κ3) is 5.73. The Labute approximate surface area is 116 Å². The highest BCUT2D eigenvalue weighted by molar-refractivity contribution is 5.66. The molecule has 0 saturated carbocycles. The van der Waals surface area contributed by atoms with E-state index in [-0.39, 0.29) is 6.42 Å². The van der Waals surface area contributed by atoms with Gasteiger partial charge in [0.1, 0.15) is 0 Å². The number of hydrogen-bond acceptors (Lipinski definition) is 1. The Morgan fingerprint density at radius 3 is 2.47 bits per heavy atom. The monoisotopic (exact) mass is 260 g/mol. The molecule has 1 aromatic rings. The number of aliphatic carboxylic acids is 1. The highest BCUT2D eigenvalue weighted by Gasteiger charge is 2.01. The molecule has 2 nitrogen and oxygen atoms in total. The third-order valence-electron chi connectivity index (χ3n) is 3.33.